The maximum atomic E-state index is 11.6. The van der Waals surface area contributed by atoms with E-state index in [9.17, 15) is 8.42 Å². The summed E-state index contributed by atoms with van der Waals surface area (Å²) in [6.07, 6.45) is 4.81. The van der Waals surface area contributed by atoms with Gasteiger partial charge in [0.05, 0.1) is 12.5 Å². The Morgan fingerprint density at radius 2 is 2.31 bits per heavy atom. The number of nitrogens with two attached hydrogens (primary N) is 1. The topological polar surface area (TPSA) is 101 Å². The lowest BCUT2D eigenvalue weighted by Crippen LogP contribution is -2.38. The van der Waals surface area contributed by atoms with Gasteiger partial charge in [0.1, 0.15) is 0 Å². The van der Waals surface area contributed by atoms with Crippen molar-refractivity contribution in [3.05, 3.63) is 12.5 Å². The smallest absolute Gasteiger partial charge is 0.257 e. The van der Waals surface area contributed by atoms with Gasteiger partial charge in [-0.1, -0.05) is 0 Å². The number of sulfonamides is 1. The van der Waals surface area contributed by atoms with Gasteiger partial charge in [-0.25, -0.2) is 18.1 Å². The van der Waals surface area contributed by atoms with E-state index < -0.39 is 10.0 Å². The molecule has 0 radical (unpaired) electrons. The number of hydrogen-bond donors (Lipinski definition) is 3. The number of halogens is 1. The summed E-state index contributed by atoms with van der Waals surface area (Å²) in [5.41, 5.74) is 5.79. The lowest BCUT2D eigenvalue weighted by molar-refractivity contribution is 0.546. The van der Waals surface area contributed by atoms with Crippen molar-refractivity contribution in [1.82, 2.24) is 14.7 Å². The first kappa shape index (κ1) is 13.4. The van der Waals surface area contributed by atoms with Crippen LogP contribution in [0.3, 0.4) is 0 Å². The van der Waals surface area contributed by atoms with Crippen molar-refractivity contribution < 1.29 is 8.42 Å². The van der Waals surface area contributed by atoms with Crippen LogP contribution in [-0.4, -0.2) is 31.0 Å². The molecular formula is C8H15ClN4O2S. The highest BCUT2D eigenvalue weighted by atomic mass is 35.5. The quantitative estimate of drug-likeness (QED) is 0.690. The Morgan fingerprint density at radius 1 is 1.62 bits per heavy atom. The Labute approximate surface area is 100 Å². The molecule has 1 saturated carbocycles. The van der Waals surface area contributed by atoms with E-state index in [-0.39, 0.29) is 30.0 Å². The fraction of sp³-hybridized carbons (Fsp3) is 0.625. The molecule has 6 nitrogen and oxygen atoms in total. The summed E-state index contributed by atoms with van der Waals surface area (Å²) in [5.74, 6) is 0.481. The summed E-state index contributed by atoms with van der Waals surface area (Å²) in [6.45, 7) is 0.284. The zero-order valence-corrected chi connectivity index (χ0v) is 10.2. The van der Waals surface area contributed by atoms with Crippen molar-refractivity contribution in [2.24, 2.45) is 11.7 Å². The number of H-pyrrole nitrogens is 1. The van der Waals surface area contributed by atoms with Crippen LogP contribution in [0.4, 0.5) is 0 Å². The van der Waals surface area contributed by atoms with E-state index in [2.05, 4.69) is 14.7 Å². The molecule has 1 unspecified atom stereocenters. The Bertz CT molecular complexity index is 415. The number of hydrogen-bond acceptors (Lipinski definition) is 4. The van der Waals surface area contributed by atoms with Crippen LogP contribution in [0.1, 0.15) is 12.8 Å². The number of nitrogens with one attached hydrogen (secondary N) is 2. The molecule has 1 fully saturated rings. The minimum Gasteiger partial charge on any atom is -0.335 e. The van der Waals surface area contributed by atoms with E-state index in [1.807, 2.05) is 0 Å². The molecule has 8 heteroatoms. The normalized spacial score (nSPS) is 17.8. The number of aromatic nitrogens is 2. The molecule has 0 aromatic carbocycles. The average Bonchev–Trinajstić information content (AvgIpc) is 2.89. The Kier molecular flexibility index (Phi) is 4.31. The lowest BCUT2D eigenvalue weighted by atomic mass is 10.2. The third-order valence-electron chi connectivity index (χ3n) is 2.50. The molecule has 0 saturated heterocycles. The third kappa shape index (κ3) is 3.18. The summed E-state index contributed by atoms with van der Waals surface area (Å²) in [6, 6.07) is -0.0808. The maximum Gasteiger partial charge on any atom is 0.257 e. The van der Waals surface area contributed by atoms with Gasteiger partial charge in [-0.15, -0.1) is 12.4 Å². The van der Waals surface area contributed by atoms with E-state index >= 15 is 0 Å². The molecule has 0 aliphatic heterocycles. The lowest BCUT2D eigenvalue weighted by Gasteiger charge is -2.10. The first-order chi connectivity index (χ1) is 7.09. The van der Waals surface area contributed by atoms with Crippen LogP contribution >= 0.6 is 12.4 Å². The highest BCUT2D eigenvalue weighted by Crippen LogP contribution is 2.31. The largest absolute Gasteiger partial charge is 0.335 e. The van der Waals surface area contributed by atoms with Crippen LogP contribution in [0.5, 0.6) is 0 Å². The van der Waals surface area contributed by atoms with Crippen LogP contribution in [0, 0.1) is 5.92 Å². The molecule has 0 amide bonds. The van der Waals surface area contributed by atoms with Crippen LogP contribution < -0.4 is 10.5 Å². The predicted molar refractivity (Wildman–Crippen MR) is 61.7 cm³/mol. The van der Waals surface area contributed by atoms with Gasteiger partial charge in [0.2, 0.25) is 0 Å². The van der Waals surface area contributed by atoms with Gasteiger partial charge in [-0.05, 0) is 18.8 Å². The summed E-state index contributed by atoms with van der Waals surface area (Å²) < 4.78 is 25.7. The molecule has 0 bridgehead atoms. The van der Waals surface area contributed by atoms with Crippen LogP contribution in [0.2, 0.25) is 0 Å². The fourth-order valence-electron chi connectivity index (χ4n) is 1.36. The van der Waals surface area contributed by atoms with Crippen molar-refractivity contribution >= 4 is 22.4 Å². The van der Waals surface area contributed by atoms with E-state index in [1.54, 1.807) is 0 Å². The Hall–Kier alpha value is -0.630. The molecule has 0 spiro atoms. The van der Waals surface area contributed by atoms with Gasteiger partial charge in [0, 0.05) is 12.6 Å². The van der Waals surface area contributed by atoms with Gasteiger partial charge < -0.3 is 10.7 Å². The van der Waals surface area contributed by atoms with E-state index in [0.29, 0.717) is 5.92 Å². The molecule has 2 rings (SSSR count). The molecule has 4 N–H and O–H groups in total. The molecule has 1 heterocycles. The van der Waals surface area contributed by atoms with Gasteiger partial charge in [-0.3, -0.25) is 0 Å². The molecule has 1 aromatic rings. The number of aromatic amines is 1. The van der Waals surface area contributed by atoms with Crippen LogP contribution in [-0.2, 0) is 10.0 Å². The monoisotopic (exact) mass is 266 g/mol. The standard InChI is InChI=1S/C8H14N4O2S.ClH/c9-7(6-1-2-6)3-12-15(13,14)8-4-10-5-11-8;/h4-7,12H,1-3,9H2,(H,10,11);1H. The molecule has 16 heavy (non-hydrogen) atoms. The van der Waals surface area contributed by atoms with Crippen molar-refractivity contribution in [3.63, 3.8) is 0 Å². The van der Waals surface area contributed by atoms with E-state index in [1.165, 1.54) is 12.5 Å². The molecule has 1 aliphatic carbocycles. The second-order valence-corrected chi connectivity index (χ2v) is 5.50. The average molecular weight is 267 g/mol. The number of rotatable bonds is 5. The Balaban J connectivity index is 0.00000128. The molecule has 1 aromatic heterocycles. The highest BCUT2D eigenvalue weighted by Gasteiger charge is 2.29. The van der Waals surface area contributed by atoms with Gasteiger partial charge in [0.25, 0.3) is 10.0 Å². The summed E-state index contributed by atoms with van der Waals surface area (Å²) in [4.78, 5) is 6.20. The minimum absolute atomic E-state index is 0. The first-order valence-electron chi connectivity index (χ1n) is 4.83. The summed E-state index contributed by atoms with van der Waals surface area (Å²) in [5, 5.41) is 0.0745. The van der Waals surface area contributed by atoms with Gasteiger partial charge in [0.15, 0.2) is 5.03 Å². The highest BCUT2D eigenvalue weighted by molar-refractivity contribution is 7.89. The molecule has 1 aliphatic rings. The first-order valence-corrected chi connectivity index (χ1v) is 6.31. The molecule has 1 atom stereocenters. The maximum absolute atomic E-state index is 11.6. The Morgan fingerprint density at radius 3 is 2.81 bits per heavy atom. The second kappa shape index (κ2) is 5.13. The van der Waals surface area contributed by atoms with Crippen molar-refractivity contribution in [1.29, 1.82) is 0 Å². The SMILES string of the molecule is Cl.NC(CNS(=O)(=O)c1cnc[nH]1)C1CC1. The van der Waals surface area contributed by atoms with E-state index in [4.69, 9.17) is 5.73 Å². The number of nitrogens with zero attached hydrogens (tertiary/aromatic N) is 1. The van der Waals surface area contributed by atoms with Crippen molar-refractivity contribution in [2.45, 2.75) is 23.9 Å². The zero-order valence-electron chi connectivity index (χ0n) is 8.59. The molecular weight excluding hydrogens is 252 g/mol. The fourth-order valence-corrected chi connectivity index (χ4v) is 2.34. The minimum atomic E-state index is -3.47. The zero-order chi connectivity index (χ0) is 10.9. The third-order valence-corrected chi connectivity index (χ3v) is 3.85. The second-order valence-electron chi connectivity index (χ2n) is 3.77. The van der Waals surface area contributed by atoms with Gasteiger partial charge >= 0.3 is 0 Å². The summed E-state index contributed by atoms with van der Waals surface area (Å²) in [7, 11) is -3.47. The van der Waals surface area contributed by atoms with Crippen molar-refractivity contribution in [3.8, 4) is 0 Å². The van der Waals surface area contributed by atoms with Crippen LogP contribution in [0.25, 0.3) is 0 Å². The van der Waals surface area contributed by atoms with Crippen LogP contribution in [0.15, 0.2) is 17.6 Å². The molecule has 92 valence electrons. The van der Waals surface area contributed by atoms with Gasteiger partial charge in [-0.2, -0.15) is 0 Å². The summed E-state index contributed by atoms with van der Waals surface area (Å²) >= 11 is 0. The van der Waals surface area contributed by atoms with E-state index in [0.717, 1.165) is 12.8 Å². The number of imidazole rings is 1. The predicted octanol–water partition coefficient (Wildman–Crippen LogP) is -0.153. The van der Waals surface area contributed by atoms with Crippen molar-refractivity contribution in [2.75, 3.05) is 6.54 Å².